The van der Waals surface area contributed by atoms with Crippen molar-refractivity contribution in [2.24, 2.45) is 0 Å². The Balaban J connectivity index is 2.73. The molecule has 0 radical (unpaired) electrons. The van der Waals surface area contributed by atoms with E-state index in [1.807, 2.05) is 0 Å². The summed E-state index contributed by atoms with van der Waals surface area (Å²) in [5.74, 6) is 0.413. The molecule has 1 rings (SSSR count). The van der Waals surface area contributed by atoms with Gasteiger partial charge in [-0.15, -0.1) is 0 Å². The molecule has 1 aromatic rings. The molecule has 0 saturated heterocycles. The van der Waals surface area contributed by atoms with Crippen molar-refractivity contribution >= 4 is 5.82 Å². The first-order valence-corrected chi connectivity index (χ1v) is 4.58. The van der Waals surface area contributed by atoms with E-state index in [9.17, 15) is 4.79 Å². The van der Waals surface area contributed by atoms with Crippen LogP contribution in [-0.2, 0) is 0 Å². The van der Waals surface area contributed by atoms with E-state index in [4.69, 9.17) is 0 Å². The van der Waals surface area contributed by atoms with Crippen LogP contribution < -0.4 is 10.9 Å². The molecule has 0 unspecified atom stereocenters. The molecule has 0 atom stereocenters. The van der Waals surface area contributed by atoms with Gasteiger partial charge in [-0.1, -0.05) is 13.8 Å². The topological polar surface area (TPSA) is 57.8 Å². The van der Waals surface area contributed by atoms with E-state index in [2.05, 4.69) is 29.1 Å². The molecule has 2 N–H and O–H groups in total. The number of rotatable bonds is 4. The van der Waals surface area contributed by atoms with Crippen LogP contribution in [0.2, 0.25) is 0 Å². The minimum absolute atomic E-state index is 0.158. The minimum atomic E-state index is -0.158. The van der Waals surface area contributed by atoms with Crippen LogP contribution in [-0.4, -0.2) is 16.0 Å². The normalized spacial score (nSPS) is 10.4. The SMILES string of the molecule is CCC(CC)Nc1ncc[nH]c1=O. The number of anilines is 1. The third kappa shape index (κ3) is 2.57. The van der Waals surface area contributed by atoms with Crippen LogP contribution >= 0.6 is 0 Å². The Morgan fingerprint density at radius 3 is 2.77 bits per heavy atom. The quantitative estimate of drug-likeness (QED) is 0.737. The highest BCUT2D eigenvalue weighted by molar-refractivity contribution is 5.31. The van der Waals surface area contributed by atoms with E-state index in [1.165, 1.54) is 6.20 Å². The lowest BCUT2D eigenvalue weighted by Gasteiger charge is -2.13. The summed E-state index contributed by atoms with van der Waals surface area (Å²) in [6, 6.07) is 0.330. The number of nitrogens with zero attached hydrogens (tertiary/aromatic N) is 1. The molecule has 0 aliphatic carbocycles. The first kappa shape index (κ1) is 9.77. The second kappa shape index (κ2) is 4.64. The third-order valence-electron chi connectivity index (χ3n) is 2.03. The summed E-state index contributed by atoms with van der Waals surface area (Å²) in [5, 5.41) is 3.09. The van der Waals surface area contributed by atoms with Crippen LogP contribution in [0.15, 0.2) is 17.2 Å². The highest BCUT2D eigenvalue weighted by atomic mass is 16.1. The van der Waals surface area contributed by atoms with Crippen LogP contribution in [0.25, 0.3) is 0 Å². The maximum absolute atomic E-state index is 11.2. The number of hydrogen-bond acceptors (Lipinski definition) is 3. The molecule has 4 nitrogen and oxygen atoms in total. The summed E-state index contributed by atoms with van der Waals surface area (Å²) in [7, 11) is 0. The van der Waals surface area contributed by atoms with Crippen LogP contribution in [0.3, 0.4) is 0 Å². The van der Waals surface area contributed by atoms with Crippen molar-refractivity contribution in [1.82, 2.24) is 9.97 Å². The zero-order chi connectivity index (χ0) is 9.68. The standard InChI is InChI=1S/C9H15N3O/c1-3-7(4-2)12-8-9(13)11-6-5-10-8/h5-7H,3-4H2,1-2H3,(H,10,12)(H,11,13). The van der Waals surface area contributed by atoms with Crippen LogP contribution in [0.1, 0.15) is 26.7 Å². The van der Waals surface area contributed by atoms with Gasteiger partial charge in [0, 0.05) is 18.4 Å². The van der Waals surface area contributed by atoms with Gasteiger partial charge in [0.1, 0.15) is 0 Å². The van der Waals surface area contributed by atoms with Gasteiger partial charge in [-0.2, -0.15) is 0 Å². The maximum atomic E-state index is 11.2. The predicted octanol–water partition coefficient (Wildman–Crippen LogP) is 1.37. The zero-order valence-electron chi connectivity index (χ0n) is 8.00. The fourth-order valence-corrected chi connectivity index (χ4v) is 1.14. The lowest BCUT2D eigenvalue weighted by Crippen LogP contribution is -2.23. The lowest BCUT2D eigenvalue weighted by atomic mass is 10.2. The summed E-state index contributed by atoms with van der Waals surface area (Å²) >= 11 is 0. The molecule has 1 aromatic heterocycles. The Bertz CT molecular complexity index is 304. The highest BCUT2D eigenvalue weighted by Gasteiger charge is 2.05. The van der Waals surface area contributed by atoms with E-state index < -0.39 is 0 Å². The molecular formula is C9H15N3O. The molecule has 0 aliphatic rings. The smallest absolute Gasteiger partial charge is 0.290 e. The van der Waals surface area contributed by atoms with Gasteiger partial charge in [-0.3, -0.25) is 4.79 Å². The fourth-order valence-electron chi connectivity index (χ4n) is 1.14. The Hall–Kier alpha value is -1.32. The van der Waals surface area contributed by atoms with Crippen LogP contribution in [0.4, 0.5) is 5.82 Å². The Morgan fingerprint density at radius 1 is 1.54 bits per heavy atom. The molecule has 0 amide bonds. The molecule has 0 saturated carbocycles. The van der Waals surface area contributed by atoms with Gasteiger partial charge in [-0.25, -0.2) is 4.98 Å². The largest absolute Gasteiger partial charge is 0.363 e. The second-order valence-electron chi connectivity index (χ2n) is 2.92. The number of aromatic nitrogens is 2. The average molecular weight is 181 g/mol. The van der Waals surface area contributed by atoms with E-state index in [0.29, 0.717) is 11.9 Å². The number of aromatic amines is 1. The zero-order valence-corrected chi connectivity index (χ0v) is 8.00. The molecule has 0 aliphatic heterocycles. The molecule has 0 bridgehead atoms. The lowest BCUT2D eigenvalue weighted by molar-refractivity contribution is 0.667. The number of hydrogen-bond donors (Lipinski definition) is 2. The van der Waals surface area contributed by atoms with Crippen molar-refractivity contribution in [2.75, 3.05) is 5.32 Å². The van der Waals surface area contributed by atoms with Gasteiger partial charge < -0.3 is 10.3 Å². The Kier molecular flexibility index (Phi) is 3.49. The molecule has 0 fully saturated rings. The van der Waals surface area contributed by atoms with E-state index in [-0.39, 0.29) is 5.56 Å². The van der Waals surface area contributed by atoms with Crippen molar-refractivity contribution < 1.29 is 0 Å². The van der Waals surface area contributed by atoms with Crippen molar-refractivity contribution in [2.45, 2.75) is 32.7 Å². The van der Waals surface area contributed by atoms with Gasteiger partial charge in [0.05, 0.1) is 0 Å². The van der Waals surface area contributed by atoms with Gasteiger partial charge in [-0.05, 0) is 12.8 Å². The van der Waals surface area contributed by atoms with Crippen LogP contribution in [0, 0.1) is 0 Å². The third-order valence-corrected chi connectivity index (χ3v) is 2.03. The fraction of sp³-hybridized carbons (Fsp3) is 0.556. The molecule has 0 spiro atoms. The molecule has 72 valence electrons. The van der Waals surface area contributed by atoms with Gasteiger partial charge >= 0.3 is 0 Å². The summed E-state index contributed by atoms with van der Waals surface area (Å²) in [6.45, 7) is 4.16. The van der Waals surface area contributed by atoms with Gasteiger partial charge in [0.15, 0.2) is 5.82 Å². The molecular weight excluding hydrogens is 166 g/mol. The van der Waals surface area contributed by atoms with E-state index >= 15 is 0 Å². The Labute approximate surface area is 77.4 Å². The summed E-state index contributed by atoms with van der Waals surface area (Å²) in [6.07, 6.45) is 5.09. The molecule has 13 heavy (non-hydrogen) atoms. The molecule has 0 aromatic carbocycles. The predicted molar refractivity (Wildman–Crippen MR) is 52.9 cm³/mol. The minimum Gasteiger partial charge on any atom is -0.363 e. The van der Waals surface area contributed by atoms with Crippen molar-refractivity contribution in [3.63, 3.8) is 0 Å². The molecule has 1 heterocycles. The van der Waals surface area contributed by atoms with Gasteiger partial charge in [0.25, 0.3) is 5.56 Å². The Morgan fingerprint density at radius 2 is 2.23 bits per heavy atom. The molecule has 4 heteroatoms. The van der Waals surface area contributed by atoms with E-state index in [1.54, 1.807) is 6.20 Å². The van der Waals surface area contributed by atoms with Crippen molar-refractivity contribution in [1.29, 1.82) is 0 Å². The maximum Gasteiger partial charge on any atom is 0.290 e. The number of H-pyrrole nitrogens is 1. The second-order valence-corrected chi connectivity index (χ2v) is 2.92. The summed E-state index contributed by atoms with van der Waals surface area (Å²) < 4.78 is 0. The van der Waals surface area contributed by atoms with Crippen LogP contribution in [0.5, 0.6) is 0 Å². The monoisotopic (exact) mass is 181 g/mol. The van der Waals surface area contributed by atoms with E-state index in [0.717, 1.165) is 12.8 Å². The first-order valence-electron chi connectivity index (χ1n) is 4.58. The number of nitrogens with one attached hydrogen (secondary N) is 2. The summed E-state index contributed by atoms with van der Waals surface area (Å²) in [5.41, 5.74) is -0.158. The first-order chi connectivity index (χ1) is 6.27. The van der Waals surface area contributed by atoms with Crippen molar-refractivity contribution in [3.8, 4) is 0 Å². The average Bonchev–Trinajstić information content (AvgIpc) is 2.17. The summed E-state index contributed by atoms with van der Waals surface area (Å²) in [4.78, 5) is 17.7. The highest BCUT2D eigenvalue weighted by Crippen LogP contribution is 2.02. The van der Waals surface area contributed by atoms with Crippen molar-refractivity contribution in [3.05, 3.63) is 22.7 Å². The van der Waals surface area contributed by atoms with Gasteiger partial charge in [0.2, 0.25) is 0 Å².